The number of rotatable bonds is 1. The van der Waals surface area contributed by atoms with Gasteiger partial charge in [-0.15, -0.1) is 0 Å². The van der Waals surface area contributed by atoms with E-state index < -0.39 is 5.60 Å². The lowest BCUT2D eigenvalue weighted by atomic mass is 9.84. The van der Waals surface area contributed by atoms with Crippen molar-refractivity contribution < 1.29 is 9.50 Å². The van der Waals surface area contributed by atoms with Crippen molar-refractivity contribution in [2.24, 2.45) is 0 Å². The second kappa shape index (κ2) is 4.77. The lowest BCUT2D eigenvalue weighted by molar-refractivity contribution is 0.130. The minimum atomic E-state index is -1.34. The highest BCUT2D eigenvalue weighted by molar-refractivity contribution is 9.10. The molecule has 0 spiro atoms. The van der Waals surface area contributed by atoms with Gasteiger partial charge < -0.3 is 5.11 Å². The van der Waals surface area contributed by atoms with E-state index in [2.05, 4.69) is 15.9 Å². The predicted molar refractivity (Wildman–Crippen MR) is 88.1 cm³/mol. The molecular formula is C19H12BrFO. The Balaban J connectivity index is 2.09. The highest BCUT2D eigenvalue weighted by Crippen LogP contribution is 2.51. The molecule has 0 bridgehead atoms. The first kappa shape index (κ1) is 13.7. The number of benzene rings is 3. The molecule has 3 aromatic carbocycles. The standard InChI is InChI=1S/C19H12BrFO/c20-13-8-9-16-15-6-1-2-7-17(15)19(22,18(16)11-13)12-4-3-5-14(21)10-12/h1-11,22H. The molecule has 1 nitrogen and oxygen atoms in total. The van der Waals surface area contributed by atoms with Crippen molar-refractivity contribution in [3.05, 3.63) is 93.7 Å². The lowest BCUT2D eigenvalue weighted by Crippen LogP contribution is -2.26. The third-order valence-electron chi connectivity index (χ3n) is 4.22. The Labute approximate surface area is 136 Å². The quantitative estimate of drug-likeness (QED) is 0.662. The maximum Gasteiger partial charge on any atom is 0.141 e. The Morgan fingerprint density at radius 1 is 0.818 bits per heavy atom. The smallest absolute Gasteiger partial charge is 0.141 e. The Morgan fingerprint density at radius 3 is 2.41 bits per heavy atom. The molecule has 0 aromatic heterocycles. The van der Waals surface area contributed by atoms with E-state index in [-0.39, 0.29) is 5.82 Å². The van der Waals surface area contributed by atoms with Crippen LogP contribution in [0.15, 0.2) is 71.2 Å². The molecule has 108 valence electrons. The van der Waals surface area contributed by atoms with Gasteiger partial charge in [0.25, 0.3) is 0 Å². The van der Waals surface area contributed by atoms with E-state index in [1.165, 1.54) is 12.1 Å². The van der Waals surface area contributed by atoms with Crippen molar-refractivity contribution in [1.82, 2.24) is 0 Å². The summed E-state index contributed by atoms with van der Waals surface area (Å²) in [6, 6.07) is 19.7. The van der Waals surface area contributed by atoms with Crippen molar-refractivity contribution in [3.8, 4) is 11.1 Å². The van der Waals surface area contributed by atoms with Gasteiger partial charge in [-0.3, -0.25) is 0 Å². The summed E-state index contributed by atoms with van der Waals surface area (Å²) >= 11 is 3.46. The van der Waals surface area contributed by atoms with Crippen molar-refractivity contribution in [2.75, 3.05) is 0 Å². The molecule has 0 saturated heterocycles. The van der Waals surface area contributed by atoms with E-state index in [0.29, 0.717) is 5.56 Å². The lowest BCUT2D eigenvalue weighted by Gasteiger charge is -2.26. The molecule has 3 heteroatoms. The van der Waals surface area contributed by atoms with Gasteiger partial charge in [-0.25, -0.2) is 4.39 Å². The minimum absolute atomic E-state index is 0.355. The molecule has 0 radical (unpaired) electrons. The van der Waals surface area contributed by atoms with Crippen molar-refractivity contribution in [2.45, 2.75) is 5.60 Å². The third-order valence-corrected chi connectivity index (χ3v) is 4.71. The first-order valence-electron chi connectivity index (χ1n) is 6.99. The van der Waals surface area contributed by atoms with E-state index in [9.17, 15) is 9.50 Å². The zero-order chi connectivity index (χ0) is 15.3. The summed E-state index contributed by atoms with van der Waals surface area (Å²) in [4.78, 5) is 0. The van der Waals surface area contributed by atoms with Crippen LogP contribution >= 0.6 is 15.9 Å². The maximum absolute atomic E-state index is 13.7. The first-order valence-corrected chi connectivity index (χ1v) is 7.78. The average molecular weight is 355 g/mol. The van der Waals surface area contributed by atoms with E-state index in [4.69, 9.17) is 0 Å². The van der Waals surface area contributed by atoms with Crippen LogP contribution in [0, 0.1) is 5.82 Å². The van der Waals surface area contributed by atoms with Gasteiger partial charge in [-0.05, 0) is 41.0 Å². The summed E-state index contributed by atoms with van der Waals surface area (Å²) in [6.45, 7) is 0. The fraction of sp³-hybridized carbons (Fsp3) is 0.0526. The summed E-state index contributed by atoms with van der Waals surface area (Å²) in [6.07, 6.45) is 0. The van der Waals surface area contributed by atoms with E-state index >= 15 is 0 Å². The molecule has 1 atom stereocenters. The normalized spacial score (nSPS) is 18.9. The first-order chi connectivity index (χ1) is 10.6. The Hall–Kier alpha value is -1.97. The monoisotopic (exact) mass is 354 g/mol. The van der Waals surface area contributed by atoms with Gasteiger partial charge in [0.05, 0.1) is 0 Å². The van der Waals surface area contributed by atoms with Gasteiger partial charge >= 0.3 is 0 Å². The molecule has 0 fully saturated rings. The molecule has 1 unspecified atom stereocenters. The number of halogens is 2. The van der Waals surface area contributed by atoms with Gasteiger partial charge in [0, 0.05) is 15.6 Å². The van der Waals surface area contributed by atoms with E-state index in [1.54, 1.807) is 12.1 Å². The summed E-state index contributed by atoms with van der Waals surface area (Å²) in [5.41, 5.74) is 2.72. The SMILES string of the molecule is OC1(c2cccc(F)c2)c2ccccc2-c2ccc(Br)cc21. The molecule has 4 rings (SSSR count). The van der Waals surface area contributed by atoms with E-state index in [0.717, 1.165) is 26.7 Å². The number of fused-ring (bicyclic) bond motifs is 3. The molecule has 0 amide bonds. The van der Waals surface area contributed by atoms with Gasteiger partial charge in [0.1, 0.15) is 11.4 Å². The Morgan fingerprint density at radius 2 is 1.59 bits per heavy atom. The second-order valence-electron chi connectivity index (χ2n) is 5.46. The molecule has 0 heterocycles. The molecule has 1 aliphatic rings. The molecule has 1 N–H and O–H groups in total. The molecule has 1 aliphatic carbocycles. The molecular weight excluding hydrogens is 343 g/mol. The van der Waals surface area contributed by atoms with E-state index in [1.807, 2.05) is 42.5 Å². The molecule has 0 saturated carbocycles. The summed E-state index contributed by atoms with van der Waals surface area (Å²) in [5, 5.41) is 11.5. The molecule has 22 heavy (non-hydrogen) atoms. The summed E-state index contributed by atoms with van der Waals surface area (Å²) in [5.74, 6) is -0.355. The van der Waals surface area contributed by atoms with Crippen LogP contribution in [0.25, 0.3) is 11.1 Å². The van der Waals surface area contributed by atoms with Crippen LogP contribution in [0.3, 0.4) is 0 Å². The highest BCUT2D eigenvalue weighted by Gasteiger charge is 2.43. The number of hydrogen-bond donors (Lipinski definition) is 1. The number of aliphatic hydroxyl groups is 1. The molecule has 3 aromatic rings. The Bertz CT molecular complexity index is 890. The second-order valence-corrected chi connectivity index (χ2v) is 6.37. The van der Waals surface area contributed by atoms with Crippen LogP contribution in [0.4, 0.5) is 4.39 Å². The van der Waals surface area contributed by atoms with Crippen LogP contribution in [0.5, 0.6) is 0 Å². The van der Waals surface area contributed by atoms with Crippen molar-refractivity contribution in [3.63, 3.8) is 0 Å². The van der Waals surface area contributed by atoms with Gasteiger partial charge in [-0.1, -0.05) is 58.4 Å². The zero-order valence-corrected chi connectivity index (χ0v) is 13.1. The topological polar surface area (TPSA) is 20.2 Å². The summed E-state index contributed by atoms with van der Waals surface area (Å²) < 4.78 is 14.6. The van der Waals surface area contributed by atoms with Gasteiger partial charge in [0.2, 0.25) is 0 Å². The largest absolute Gasteiger partial charge is 0.376 e. The number of hydrogen-bond acceptors (Lipinski definition) is 1. The van der Waals surface area contributed by atoms with Gasteiger partial charge in [-0.2, -0.15) is 0 Å². The average Bonchev–Trinajstić information content (AvgIpc) is 2.78. The summed E-state index contributed by atoms with van der Waals surface area (Å²) in [7, 11) is 0. The van der Waals surface area contributed by atoms with Crippen LogP contribution < -0.4 is 0 Å². The maximum atomic E-state index is 13.7. The van der Waals surface area contributed by atoms with Gasteiger partial charge in [0.15, 0.2) is 0 Å². The Kier molecular flexibility index (Phi) is 2.96. The predicted octanol–water partition coefficient (Wildman–Crippen LogP) is 4.85. The van der Waals surface area contributed by atoms with Crippen molar-refractivity contribution in [1.29, 1.82) is 0 Å². The van der Waals surface area contributed by atoms with Crippen LogP contribution in [0.1, 0.15) is 16.7 Å². The zero-order valence-electron chi connectivity index (χ0n) is 11.6. The van der Waals surface area contributed by atoms with Crippen LogP contribution in [0.2, 0.25) is 0 Å². The highest BCUT2D eigenvalue weighted by atomic mass is 79.9. The van der Waals surface area contributed by atoms with Crippen LogP contribution in [-0.2, 0) is 5.60 Å². The minimum Gasteiger partial charge on any atom is -0.376 e. The fourth-order valence-electron chi connectivity index (χ4n) is 3.25. The van der Waals surface area contributed by atoms with Crippen molar-refractivity contribution >= 4 is 15.9 Å². The van der Waals surface area contributed by atoms with Crippen LogP contribution in [-0.4, -0.2) is 5.11 Å². The molecule has 0 aliphatic heterocycles. The fourth-order valence-corrected chi connectivity index (χ4v) is 3.61. The third kappa shape index (κ3) is 1.79.